The van der Waals surface area contributed by atoms with E-state index in [9.17, 15) is 9.90 Å². The van der Waals surface area contributed by atoms with Gasteiger partial charge in [0.25, 0.3) is 0 Å². The molecule has 0 spiro atoms. The average molecular weight is 288 g/mol. The Hall–Kier alpha value is 0.190. The number of aliphatic hydroxyl groups is 1. The normalized spacial score (nSPS) is 29.9. The second-order valence-electron chi connectivity index (χ2n) is 2.90. The van der Waals surface area contributed by atoms with Crippen LogP contribution in [0.4, 0.5) is 4.79 Å². The molecule has 2 amide bonds. The zero-order chi connectivity index (χ0) is 8.81. The first kappa shape index (κ1) is 9.28. The molecule has 1 rings (SSSR count). The van der Waals surface area contributed by atoms with Crippen molar-refractivity contribution in [3.05, 3.63) is 0 Å². The third-order valence-corrected chi connectivity index (χ3v) is 3.61. The van der Waals surface area contributed by atoms with Crippen molar-refractivity contribution in [3.8, 4) is 0 Å². The predicted octanol–water partition coefficient (Wildman–Crippen LogP) is 1.44. The maximum Gasteiger partial charge on any atom is 0.343 e. The Kier molecular flexibility index (Phi) is 2.19. The van der Waals surface area contributed by atoms with Gasteiger partial charge in [-0.2, -0.15) is 0 Å². The quantitative estimate of drug-likeness (QED) is 0.685. The van der Waals surface area contributed by atoms with Crippen LogP contribution in [0.25, 0.3) is 0 Å². The van der Waals surface area contributed by atoms with Gasteiger partial charge in [0.1, 0.15) is 0 Å². The van der Waals surface area contributed by atoms with Crippen LogP contribution in [0.2, 0.25) is 0 Å². The van der Waals surface area contributed by atoms with Gasteiger partial charge in [-0.15, -0.1) is 0 Å². The summed E-state index contributed by atoms with van der Waals surface area (Å²) in [6.45, 7) is 3.51. The van der Waals surface area contributed by atoms with E-state index < -0.39 is 11.8 Å². The fourth-order valence-corrected chi connectivity index (χ4v) is 2.04. The van der Waals surface area contributed by atoms with E-state index in [1.165, 1.54) is 3.93 Å². The van der Waals surface area contributed by atoms with Gasteiger partial charge in [0.2, 0.25) is 0 Å². The molecule has 4 nitrogen and oxygen atoms in total. The number of hydrogen-bond donors (Lipinski definition) is 1. The summed E-state index contributed by atoms with van der Waals surface area (Å²) >= 11 is 6.01. The van der Waals surface area contributed by atoms with E-state index in [1.54, 1.807) is 13.8 Å². The van der Waals surface area contributed by atoms with E-state index in [0.717, 1.165) is 3.93 Å². The molecule has 1 aliphatic heterocycles. The molecule has 1 unspecified atom stereocenters. The lowest BCUT2D eigenvalue weighted by Gasteiger charge is -2.26. The monoisotopic (exact) mass is 286 g/mol. The van der Waals surface area contributed by atoms with E-state index in [1.807, 2.05) is 0 Å². The van der Waals surface area contributed by atoms with Crippen molar-refractivity contribution in [2.24, 2.45) is 0 Å². The van der Waals surface area contributed by atoms with Gasteiger partial charge in [0.15, 0.2) is 6.23 Å². The van der Waals surface area contributed by atoms with Crippen LogP contribution in [0.15, 0.2) is 0 Å². The lowest BCUT2D eigenvalue weighted by atomic mass is 10.1. The summed E-state index contributed by atoms with van der Waals surface area (Å²) < 4.78 is 2.40. The number of aliphatic hydroxyl groups excluding tert-OH is 1. The summed E-state index contributed by atoms with van der Waals surface area (Å²) in [5, 5.41) is 9.45. The summed E-state index contributed by atoms with van der Waals surface area (Å²) in [5.74, 6) is 0. The van der Waals surface area contributed by atoms with Crippen LogP contribution >= 0.6 is 32.3 Å². The highest BCUT2D eigenvalue weighted by Gasteiger charge is 2.49. The van der Waals surface area contributed by atoms with E-state index in [-0.39, 0.29) is 6.03 Å². The second-order valence-corrected chi connectivity index (χ2v) is 4.38. The fraction of sp³-hybridized carbons (Fsp3) is 0.800. The number of carbonyl (C=O) groups excluding carboxylic acids is 1. The molecule has 1 aliphatic rings. The topological polar surface area (TPSA) is 43.8 Å². The molecule has 1 atom stereocenters. The maximum absolute atomic E-state index is 11.1. The third-order valence-electron chi connectivity index (χ3n) is 1.70. The van der Waals surface area contributed by atoms with Crippen LogP contribution in [-0.2, 0) is 0 Å². The van der Waals surface area contributed by atoms with E-state index in [2.05, 4.69) is 32.3 Å². The van der Waals surface area contributed by atoms with Crippen molar-refractivity contribution in [2.45, 2.75) is 25.6 Å². The molecule has 0 aromatic carbocycles. The third kappa shape index (κ3) is 1.17. The lowest BCUT2D eigenvalue weighted by Crippen LogP contribution is -2.41. The van der Waals surface area contributed by atoms with Crippen molar-refractivity contribution in [3.63, 3.8) is 0 Å². The van der Waals surface area contributed by atoms with Gasteiger partial charge in [0.05, 0.1) is 37.8 Å². The van der Waals surface area contributed by atoms with Crippen molar-refractivity contribution in [1.29, 1.82) is 0 Å². The Labute approximate surface area is 81.8 Å². The molecule has 6 heteroatoms. The fourth-order valence-electron chi connectivity index (χ4n) is 0.814. The zero-order valence-electron chi connectivity index (χ0n) is 6.08. The summed E-state index contributed by atoms with van der Waals surface area (Å²) in [4.78, 5) is 11.1. The van der Waals surface area contributed by atoms with E-state index in [0.29, 0.717) is 0 Å². The zero-order valence-corrected chi connectivity index (χ0v) is 9.26. The molecule has 1 saturated heterocycles. The van der Waals surface area contributed by atoms with E-state index in [4.69, 9.17) is 0 Å². The van der Waals surface area contributed by atoms with Crippen molar-refractivity contribution in [1.82, 2.24) is 7.85 Å². The van der Waals surface area contributed by atoms with E-state index >= 15 is 0 Å². The van der Waals surface area contributed by atoms with Gasteiger partial charge in [-0.3, -0.25) is 0 Å². The minimum absolute atomic E-state index is 0.303. The summed E-state index contributed by atoms with van der Waals surface area (Å²) in [6, 6.07) is -0.303. The van der Waals surface area contributed by atoms with Crippen molar-refractivity contribution < 1.29 is 9.90 Å². The van der Waals surface area contributed by atoms with Crippen molar-refractivity contribution in [2.75, 3.05) is 0 Å². The van der Waals surface area contributed by atoms with Crippen molar-refractivity contribution >= 4 is 38.3 Å². The molecule has 1 fully saturated rings. The molecule has 64 valence electrons. The van der Waals surface area contributed by atoms with Gasteiger partial charge in [0, 0.05) is 0 Å². The first-order chi connectivity index (χ1) is 4.89. The van der Waals surface area contributed by atoms with Gasteiger partial charge in [-0.1, -0.05) is 0 Å². The Balaban J connectivity index is 2.96. The first-order valence-corrected chi connectivity index (χ1v) is 4.44. The average Bonchev–Trinajstić information content (AvgIpc) is 2.06. The number of nitrogens with zero attached hydrogens (tertiary/aromatic N) is 2. The van der Waals surface area contributed by atoms with Gasteiger partial charge in [-0.25, -0.2) is 12.6 Å². The van der Waals surface area contributed by atoms with Crippen LogP contribution in [0, 0.1) is 0 Å². The van der Waals surface area contributed by atoms with Crippen LogP contribution in [-0.4, -0.2) is 30.8 Å². The Morgan fingerprint density at radius 1 is 1.55 bits per heavy atom. The summed E-state index contributed by atoms with van der Waals surface area (Å²) in [7, 11) is 0. The molecule has 1 N–H and O–H groups in total. The standard InChI is InChI=1S/C5H8Br2N2O2/c1-5(2)3(10)8(6)4(11)9(5)7/h3,10H,1-2H3. The highest BCUT2D eigenvalue weighted by molar-refractivity contribution is 9.08. The largest absolute Gasteiger partial charge is 0.370 e. The van der Waals surface area contributed by atoms with Crippen LogP contribution in [0.5, 0.6) is 0 Å². The lowest BCUT2D eigenvalue weighted by molar-refractivity contribution is 0.0499. The summed E-state index contributed by atoms with van der Waals surface area (Å²) in [5.41, 5.74) is -0.611. The maximum atomic E-state index is 11.1. The van der Waals surface area contributed by atoms with Gasteiger partial charge < -0.3 is 5.11 Å². The molecule has 1 heterocycles. The number of hydrogen-bond acceptors (Lipinski definition) is 2. The minimum Gasteiger partial charge on any atom is -0.370 e. The second kappa shape index (κ2) is 2.60. The molecule has 0 aliphatic carbocycles. The Morgan fingerprint density at radius 3 is 2.09 bits per heavy atom. The smallest absolute Gasteiger partial charge is 0.343 e. The molecule has 0 aromatic heterocycles. The number of amides is 2. The highest BCUT2D eigenvalue weighted by atomic mass is 79.9. The first-order valence-electron chi connectivity index (χ1n) is 3.02. The van der Waals surface area contributed by atoms with Crippen LogP contribution in [0.1, 0.15) is 13.8 Å². The number of rotatable bonds is 0. The number of carbonyl (C=O) groups is 1. The molecule has 11 heavy (non-hydrogen) atoms. The molecule has 0 bridgehead atoms. The van der Waals surface area contributed by atoms with Gasteiger partial charge >= 0.3 is 6.03 Å². The Morgan fingerprint density at radius 2 is 2.00 bits per heavy atom. The van der Waals surface area contributed by atoms with Crippen LogP contribution < -0.4 is 0 Å². The number of urea groups is 1. The number of halogens is 2. The molecular formula is C5H8Br2N2O2. The summed E-state index contributed by atoms with van der Waals surface area (Å²) in [6.07, 6.45) is -0.839. The minimum atomic E-state index is -0.839. The molecule has 0 radical (unpaired) electrons. The highest BCUT2D eigenvalue weighted by Crippen LogP contribution is 2.35. The molecule has 0 saturated carbocycles. The Bertz CT molecular complexity index is 197. The molecular weight excluding hydrogens is 280 g/mol. The SMILES string of the molecule is CC1(C)C(O)N(Br)C(=O)N1Br. The predicted molar refractivity (Wildman–Crippen MR) is 47.0 cm³/mol. The molecule has 0 aromatic rings. The van der Waals surface area contributed by atoms with Crippen LogP contribution in [0.3, 0.4) is 0 Å². The van der Waals surface area contributed by atoms with Gasteiger partial charge in [-0.05, 0) is 13.8 Å².